The molecule has 0 aliphatic heterocycles. The fourth-order valence-electron chi connectivity index (χ4n) is 2.90. The molecule has 0 fully saturated rings. The van der Waals surface area contributed by atoms with E-state index in [1.165, 1.54) is 11.1 Å². The summed E-state index contributed by atoms with van der Waals surface area (Å²) in [5.41, 5.74) is 4.64. The minimum absolute atomic E-state index is 0.0220. The lowest BCUT2D eigenvalue weighted by Crippen LogP contribution is -2.47. The van der Waals surface area contributed by atoms with Gasteiger partial charge in [0.15, 0.2) is 0 Å². The Hall–Kier alpha value is -2.27. The molecule has 5 heteroatoms. The van der Waals surface area contributed by atoms with Crippen LogP contribution in [0.3, 0.4) is 0 Å². The van der Waals surface area contributed by atoms with Gasteiger partial charge in [0, 0.05) is 19.3 Å². The van der Waals surface area contributed by atoms with Gasteiger partial charge in [-0.15, -0.1) is 11.8 Å². The van der Waals surface area contributed by atoms with Crippen LogP contribution in [0, 0.1) is 13.8 Å². The molecule has 0 aliphatic carbocycles. The van der Waals surface area contributed by atoms with Crippen LogP contribution in [0.5, 0.6) is 0 Å². The zero-order valence-electron chi connectivity index (χ0n) is 16.5. The molecule has 4 nitrogen and oxygen atoms in total. The third kappa shape index (κ3) is 6.14. The van der Waals surface area contributed by atoms with E-state index < -0.39 is 6.04 Å². The van der Waals surface area contributed by atoms with E-state index >= 15 is 0 Å². The fourth-order valence-corrected chi connectivity index (χ4v) is 3.89. The number of aryl methyl sites for hydroxylation is 2. The summed E-state index contributed by atoms with van der Waals surface area (Å²) >= 11 is 1.58. The highest BCUT2D eigenvalue weighted by atomic mass is 32.2. The van der Waals surface area contributed by atoms with Gasteiger partial charge >= 0.3 is 0 Å². The van der Waals surface area contributed by atoms with Crippen molar-refractivity contribution in [2.45, 2.75) is 39.1 Å². The van der Waals surface area contributed by atoms with Gasteiger partial charge in [-0.2, -0.15) is 0 Å². The predicted molar refractivity (Wildman–Crippen MR) is 113 cm³/mol. The third-order valence-corrected chi connectivity index (χ3v) is 5.56. The van der Waals surface area contributed by atoms with Gasteiger partial charge in [-0.25, -0.2) is 0 Å². The lowest BCUT2D eigenvalue weighted by atomic mass is 10.1. The summed E-state index contributed by atoms with van der Waals surface area (Å²) in [7, 11) is 1.60. The van der Waals surface area contributed by atoms with Gasteiger partial charge in [0.25, 0.3) is 0 Å². The highest BCUT2D eigenvalue weighted by molar-refractivity contribution is 7.99. The van der Waals surface area contributed by atoms with Crippen LogP contribution in [0.1, 0.15) is 29.2 Å². The molecule has 0 aliphatic rings. The third-order valence-electron chi connectivity index (χ3n) is 4.59. The van der Waals surface area contributed by atoms with Crippen LogP contribution in [0.2, 0.25) is 0 Å². The second-order valence-corrected chi connectivity index (χ2v) is 7.71. The summed E-state index contributed by atoms with van der Waals surface area (Å²) < 4.78 is 0. The molecule has 144 valence electrons. The first-order valence-electron chi connectivity index (χ1n) is 9.11. The Balaban J connectivity index is 2.06. The molecule has 0 heterocycles. The number of thioether (sulfide) groups is 1. The molecule has 1 atom stereocenters. The van der Waals surface area contributed by atoms with E-state index in [9.17, 15) is 9.59 Å². The SMILES string of the molecule is CNC(=O)C(C)N(Cc1cccc(C)c1)C(=O)CSCc1ccccc1C. The first-order valence-corrected chi connectivity index (χ1v) is 10.3. The molecule has 0 aromatic heterocycles. The van der Waals surface area contributed by atoms with E-state index in [1.54, 1.807) is 30.6 Å². The second kappa shape index (κ2) is 10.2. The quantitative estimate of drug-likeness (QED) is 0.755. The zero-order valence-corrected chi connectivity index (χ0v) is 17.3. The van der Waals surface area contributed by atoms with Crippen LogP contribution in [0.15, 0.2) is 48.5 Å². The van der Waals surface area contributed by atoms with Crippen molar-refractivity contribution >= 4 is 23.6 Å². The Morgan fingerprint density at radius 3 is 2.52 bits per heavy atom. The van der Waals surface area contributed by atoms with Crippen LogP contribution in [0.25, 0.3) is 0 Å². The molecule has 0 saturated heterocycles. The topological polar surface area (TPSA) is 49.4 Å². The van der Waals surface area contributed by atoms with Crippen molar-refractivity contribution in [3.05, 3.63) is 70.8 Å². The molecule has 1 N–H and O–H groups in total. The standard InChI is InChI=1S/C22H28N2O2S/c1-16-8-7-10-19(12-16)13-24(18(3)22(26)23-4)21(25)15-27-14-20-11-6-5-9-17(20)2/h5-12,18H,13-15H2,1-4H3,(H,23,26). The lowest BCUT2D eigenvalue weighted by molar-refractivity contribution is -0.138. The van der Waals surface area contributed by atoms with Crippen molar-refractivity contribution in [3.8, 4) is 0 Å². The van der Waals surface area contributed by atoms with Gasteiger partial charge in [-0.05, 0) is 37.5 Å². The molecular formula is C22H28N2O2S. The highest BCUT2D eigenvalue weighted by Gasteiger charge is 2.25. The average molecular weight is 385 g/mol. The van der Waals surface area contributed by atoms with Crippen molar-refractivity contribution in [2.24, 2.45) is 0 Å². The largest absolute Gasteiger partial charge is 0.357 e. The van der Waals surface area contributed by atoms with Crippen LogP contribution in [-0.2, 0) is 21.9 Å². The molecule has 2 aromatic carbocycles. The van der Waals surface area contributed by atoms with Gasteiger partial charge in [-0.3, -0.25) is 9.59 Å². The van der Waals surface area contributed by atoms with Crippen LogP contribution in [-0.4, -0.2) is 35.6 Å². The number of hydrogen-bond donors (Lipinski definition) is 1. The minimum atomic E-state index is -0.512. The summed E-state index contributed by atoms with van der Waals surface area (Å²) in [4.78, 5) is 26.7. The van der Waals surface area contributed by atoms with E-state index in [1.807, 2.05) is 37.3 Å². The van der Waals surface area contributed by atoms with Gasteiger partial charge < -0.3 is 10.2 Å². The number of hydrogen-bond acceptors (Lipinski definition) is 3. The van der Waals surface area contributed by atoms with Crippen molar-refractivity contribution in [3.63, 3.8) is 0 Å². The second-order valence-electron chi connectivity index (χ2n) is 6.72. The van der Waals surface area contributed by atoms with Crippen LogP contribution in [0.4, 0.5) is 0 Å². The summed E-state index contributed by atoms with van der Waals surface area (Å²) in [5.74, 6) is 0.957. The number of nitrogens with one attached hydrogen (secondary N) is 1. The molecule has 1 unspecified atom stereocenters. The maximum atomic E-state index is 12.9. The summed E-state index contributed by atoms with van der Waals surface area (Å²) in [6, 6.07) is 15.7. The fraction of sp³-hybridized carbons (Fsp3) is 0.364. The number of nitrogens with zero attached hydrogens (tertiary/aromatic N) is 1. The smallest absolute Gasteiger partial charge is 0.242 e. The highest BCUT2D eigenvalue weighted by Crippen LogP contribution is 2.18. The summed E-state index contributed by atoms with van der Waals surface area (Å²) in [5, 5.41) is 2.65. The van der Waals surface area contributed by atoms with Crippen molar-refractivity contribution in [1.29, 1.82) is 0 Å². The summed E-state index contributed by atoms with van der Waals surface area (Å²) in [6.07, 6.45) is 0. The minimum Gasteiger partial charge on any atom is -0.357 e. The lowest BCUT2D eigenvalue weighted by Gasteiger charge is -2.28. The Morgan fingerprint density at radius 1 is 1.11 bits per heavy atom. The Bertz CT molecular complexity index is 791. The number of carbonyl (C=O) groups excluding carboxylic acids is 2. The van der Waals surface area contributed by atoms with E-state index in [0.717, 1.165) is 16.9 Å². The number of likely N-dealkylation sites (N-methyl/N-ethyl adjacent to an activating group) is 1. The molecule has 27 heavy (non-hydrogen) atoms. The zero-order chi connectivity index (χ0) is 19.8. The maximum Gasteiger partial charge on any atom is 0.242 e. The Labute approximate surface area is 166 Å². The van der Waals surface area contributed by atoms with Gasteiger partial charge in [0.1, 0.15) is 6.04 Å². The van der Waals surface area contributed by atoms with E-state index in [2.05, 4.69) is 30.4 Å². The molecular weight excluding hydrogens is 356 g/mol. The molecule has 2 aromatic rings. The first-order chi connectivity index (χ1) is 12.9. The van der Waals surface area contributed by atoms with Gasteiger partial charge in [-0.1, -0.05) is 54.1 Å². The Kier molecular flexibility index (Phi) is 7.92. The monoisotopic (exact) mass is 384 g/mol. The van der Waals surface area contributed by atoms with E-state index in [-0.39, 0.29) is 11.8 Å². The molecule has 2 amide bonds. The van der Waals surface area contributed by atoms with Gasteiger partial charge in [0.2, 0.25) is 11.8 Å². The number of amides is 2. The number of benzene rings is 2. The van der Waals surface area contributed by atoms with Gasteiger partial charge in [0.05, 0.1) is 5.75 Å². The van der Waals surface area contributed by atoms with Crippen LogP contribution < -0.4 is 5.32 Å². The van der Waals surface area contributed by atoms with Crippen molar-refractivity contribution in [2.75, 3.05) is 12.8 Å². The predicted octanol–water partition coefficient (Wildman–Crippen LogP) is 3.70. The molecule has 0 spiro atoms. The normalized spacial score (nSPS) is 11.7. The maximum absolute atomic E-state index is 12.9. The molecule has 0 saturated carbocycles. The van der Waals surface area contributed by atoms with Crippen molar-refractivity contribution < 1.29 is 9.59 Å². The van der Waals surface area contributed by atoms with E-state index in [4.69, 9.17) is 0 Å². The Morgan fingerprint density at radius 2 is 1.85 bits per heavy atom. The van der Waals surface area contributed by atoms with E-state index in [0.29, 0.717) is 12.3 Å². The first kappa shape index (κ1) is 21.0. The molecule has 0 bridgehead atoms. The average Bonchev–Trinajstić information content (AvgIpc) is 2.66. The molecule has 2 rings (SSSR count). The van der Waals surface area contributed by atoms with Crippen LogP contribution >= 0.6 is 11.8 Å². The number of carbonyl (C=O) groups is 2. The molecule has 0 radical (unpaired) electrons. The van der Waals surface area contributed by atoms with Crippen molar-refractivity contribution in [1.82, 2.24) is 10.2 Å². The summed E-state index contributed by atoms with van der Waals surface area (Å²) in [6.45, 7) is 6.31. The number of rotatable bonds is 8.